The highest BCUT2D eigenvalue weighted by atomic mass is 16.5. The molecule has 2 unspecified atom stereocenters. The second-order valence-electron chi connectivity index (χ2n) is 5.27. The van der Waals surface area contributed by atoms with Gasteiger partial charge in [0.1, 0.15) is 0 Å². The Morgan fingerprint density at radius 3 is 3.00 bits per heavy atom. The highest BCUT2D eigenvalue weighted by molar-refractivity contribution is 5.81. The summed E-state index contributed by atoms with van der Waals surface area (Å²) in [6.45, 7) is 9.42. The van der Waals surface area contributed by atoms with Gasteiger partial charge in [-0.05, 0) is 45.3 Å². The number of rotatable bonds is 8. The Morgan fingerprint density at radius 2 is 2.32 bits per heavy atom. The van der Waals surface area contributed by atoms with Crippen LogP contribution in [0.25, 0.3) is 0 Å². The van der Waals surface area contributed by atoms with E-state index in [1.807, 2.05) is 6.92 Å². The molecule has 1 amide bonds. The molecule has 1 fully saturated rings. The van der Waals surface area contributed by atoms with Crippen molar-refractivity contribution in [1.29, 1.82) is 0 Å². The molecule has 0 bridgehead atoms. The Morgan fingerprint density at radius 1 is 1.53 bits per heavy atom. The van der Waals surface area contributed by atoms with E-state index in [4.69, 9.17) is 4.74 Å². The molecule has 0 aromatic carbocycles. The van der Waals surface area contributed by atoms with Crippen LogP contribution in [0, 0.1) is 5.92 Å². The van der Waals surface area contributed by atoms with Crippen LogP contribution in [0.15, 0.2) is 0 Å². The highest BCUT2D eigenvalue weighted by Gasteiger charge is 2.26. The molecule has 0 radical (unpaired) electrons. The van der Waals surface area contributed by atoms with Crippen molar-refractivity contribution in [3.63, 3.8) is 0 Å². The van der Waals surface area contributed by atoms with Crippen LogP contribution in [0.5, 0.6) is 0 Å². The topological polar surface area (TPSA) is 53.6 Å². The minimum Gasteiger partial charge on any atom is -0.383 e. The number of methoxy groups -OCH3 is 1. The molecule has 0 aliphatic carbocycles. The molecule has 0 aromatic heterocycles. The van der Waals surface area contributed by atoms with Gasteiger partial charge in [0.2, 0.25) is 5.91 Å². The average Bonchev–Trinajstić information content (AvgIpc) is 2.44. The van der Waals surface area contributed by atoms with E-state index in [0.717, 1.165) is 26.2 Å². The Hall–Kier alpha value is -0.650. The lowest BCUT2D eigenvalue weighted by Crippen LogP contribution is -2.50. The standard InChI is InChI=1S/C14H29N3O2/c1-4-15-10-13-6-5-8-17(11-13)12(2)14(18)16-7-9-19-3/h12-13,15H,4-11H2,1-3H3,(H,16,18). The Labute approximate surface area is 117 Å². The summed E-state index contributed by atoms with van der Waals surface area (Å²) in [6.07, 6.45) is 2.45. The molecule has 1 aliphatic rings. The van der Waals surface area contributed by atoms with Gasteiger partial charge in [0.15, 0.2) is 0 Å². The molecule has 5 nitrogen and oxygen atoms in total. The summed E-state index contributed by atoms with van der Waals surface area (Å²) >= 11 is 0. The zero-order chi connectivity index (χ0) is 14.1. The third-order valence-corrected chi connectivity index (χ3v) is 3.77. The molecular formula is C14H29N3O2. The van der Waals surface area contributed by atoms with Gasteiger partial charge < -0.3 is 15.4 Å². The van der Waals surface area contributed by atoms with Gasteiger partial charge >= 0.3 is 0 Å². The van der Waals surface area contributed by atoms with Gasteiger partial charge in [0, 0.05) is 20.2 Å². The van der Waals surface area contributed by atoms with Crippen molar-refractivity contribution in [3.8, 4) is 0 Å². The lowest BCUT2D eigenvalue weighted by molar-refractivity contribution is -0.126. The summed E-state index contributed by atoms with van der Waals surface area (Å²) in [6, 6.07) is -0.0405. The second kappa shape index (κ2) is 9.28. The third kappa shape index (κ3) is 5.89. The molecule has 1 aliphatic heterocycles. The zero-order valence-corrected chi connectivity index (χ0v) is 12.6. The summed E-state index contributed by atoms with van der Waals surface area (Å²) in [7, 11) is 1.64. The number of carbonyl (C=O) groups is 1. The van der Waals surface area contributed by atoms with Crippen LogP contribution in [0.2, 0.25) is 0 Å². The summed E-state index contributed by atoms with van der Waals surface area (Å²) in [4.78, 5) is 14.3. The second-order valence-corrected chi connectivity index (χ2v) is 5.27. The predicted molar refractivity (Wildman–Crippen MR) is 77.2 cm³/mol. The van der Waals surface area contributed by atoms with Crippen molar-refractivity contribution in [1.82, 2.24) is 15.5 Å². The number of nitrogens with one attached hydrogen (secondary N) is 2. The molecule has 1 rings (SSSR count). The maximum absolute atomic E-state index is 12.0. The highest BCUT2D eigenvalue weighted by Crippen LogP contribution is 2.17. The maximum atomic E-state index is 12.0. The summed E-state index contributed by atoms with van der Waals surface area (Å²) < 4.78 is 4.94. The van der Waals surface area contributed by atoms with Crippen LogP contribution in [-0.2, 0) is 9.53 Å². The van der Waals surface area contributed by atoms with Crippen LogP contribution >= 0.6 is 0 Å². The Balaban J connectivity index is 2.33. The number of amides is 1. The van der Waals surface area contributed by atoms with Gasteiger partial charge in [-0.3, -0.25) is 9.69 Å². The van der Waals surface area contributed by atoms with Gasteiger partial charge in [-0.1, -0.05) is 6.92 Å². The van der Waals surface area contributed by atoms with Crippen LogP contribution in [0.4, 0.5) is 0 Å². The molecule has 19 heavy (non-hydrogen) atoms. The summed E-state index contributed by atoms with van der Waals surface area (Å²) in [5, 5.41) is 6.32. The van der Waals surface area contributed by atoms with Crippen molar-refractivity contribution < 1.29 is 9.53 Å². The van der Waals surface area contributed by atoms with E-state index in [2.05, 4.69) is 22.5 Å². The van der Waals surface area contributed by atoms with Crippen molar-refractivity contribution in [2.45, 2.75) is 32.7 Å². The van der Waals surface area contributed by atoms with Crippen LogP contribution in [0.1, 0.15) is 26.7 Å². The number of hydrogen-bond acceptors (Lipinski definition) is 4. The minimum absolute atomic E-state index is 0.0405. The van der Waals surface area contributed by atoms with Crippen molar-refractivity contribution in [2.24, 2.45) is 5.92 Å². The molecule has 112 valence electrons. The lowest BCUT2D eigenvalue weighted by atomic mass is 9.96. The molecule has 1 heterocycles. The van der Waals surface area contributed by atoms with Crippen molar-refractivity contribution in [2.75, 3.05) is 46.4 Å². The molecule has 2 atom stereocenters. The van der Waals surface area contributed by atoms with Gasteiger partial charge in [-0.2, -0.15) is 0 Å². The van der Waals surface area contributed by atoms with Crippen molar-refractivity contribution in [3.05, 3.63) is 0 Å². The normalized spacial score (nSPS) is 22.2. The van der Waals surface area contributed by atoms with E-state index >= 15 is 0 Å². The quantitative estimate of drug-likeness (QED) is 0.630. The fourth-order valence-electron chi connectivity index (χ4n) is 2.55. The van der Waals surface area contributed by atoms with Gasteiger partial charge in [-0.25, -0.2) is 0 Å². The third-order valence-electron chi connectivity index (χ3n) is 3.77. The monoisotopic (exact) mass is 271 g/mol. The van der Waals surface area contributed by atoms with E-state index in [1.165, 1.54) is 12.8 Å². The van der Waals surface area contributed by atoms with Crippen molar-refractivity contribution >= 4 is 5.91 Å². The Kier molecular flexibility index (Phi) is 8.02. The maximum Gasteiger partial charge on any atom is 0.237 e. The molecule has 5 heteroatoms. The first-order valence-corrected chi connectivity index (χ1v) is 7.40. The fourth-order valence-corrected chi connectivity index (χ4v) is 2.55. The predicted octanol–water partition coefficient (Wildman–Crippen LogP) is 0.459. The average molecular weight is 271 g/mol. The zero-order valence-electron chi connectivity index (χ0n) is 12.6. The van der Waals surface area contributed by atoms with E-state index in [-0.39, 0.29) is 11.9 Å². The number of likely N-dealkylation sites (tertiary alicyclic amines) is 1. The molecule has 2 N–H and O–H groups in total. The number of piperidine rings is 1. The number of nitrogens with zero attached hydrogens (tertiary/aromatic N) is 1. The van der Waals surface area contributed by atoms with Crippen LogP contribution in [0.3, 0.4) is 0 Å². The molecule has 0 saturated carbocycles. The number of carbonyl (C=O) groups excluding carboxylic acids is 1. The summed E-state index contributed by atoms with van der Waals surface area (Å²) in [5.41, 5.74) is 0. The first-order chi connectivity index (χ1) is 9.19. The van der Waals surface area contributed by atoms with Gasteiger partial charge in [0.25, 0.3) is 0 Å². The molecular weight excluding hydrogens is 242 g/mol. The Bertz CT molecular complexity index is 261. The number of ether oxygens (including phenoxy) is 1. The summed E-state index contributed by atoms with van der Waals surface area (Å²) in [5.74, 6) is 0.782. The van der Waals surface area contributed by atoms with E-state index in [1.54, 1.807) is 7.11 Å². The smallest absolute Gasteiger partial charge is 0.237 e. The van der Waals surface area contributed by atoms with E-state index < -0.39 is 0 Å². The SMILES string of the molecule is CCNCC1CCCN(C(C)C(=O)NCCOC)C1. The van der Waals surface area contributed by atoms with Gasteiger partial charge in [0.05, 0.1) is 12.6 Å². The lowest BCUT2D eigenvalue weighted by Gasteiger charge is -2.36. The van der Waals surface area contributed by atoms with Gasteiger partial charge in [-0.15, -0.1) is 0 Å². The van der Waals surface area contributed by atoms with Crippen LogP contribution in [-0.4, -0.2) is 63.3 Å². The molecule has 0 spiro atoms. The molecule has 1 saturated heterocycles. The first-order valence-electron chi connectivity index (χ1n) is 7.40. The van der Waals surface area contributed by atoms with E-state index in [0.29, 0.717) is 19.1 Å². The number of hydrogen-bond donors (Lipinski definition) is 2. The minimum atomic E-state index is -0.0405. The van der Waals surface area contributed by atoms with E-state index in [9.17, 15) is 4.79 Å². The fraction of sp³-hybridized carbons (Fsp3) is 0.929. The largest absolute Gasteiger partial charge is 0.383 e. The van der Waals surface area contributed by atoms with Crippen LogP contribution < -0.4 is 10.6 Å². The molecule has 0 aromatic rings. The first kappa shape index (κ1) is 16.4.